The SMILES string of the molecule is COC(=O)C[C@H](c1c(O)cc(O)c2c(=O)c(O)c(-c3ccc(O)c(O)c3)oc12)c1ccnn1C. The molecule has 0 saturated carbocycles. The van der Waals surface area contributed by atoms with Crippen LogP contribution in [0.25, 0.3) is 22.3 Å². The molecule has 1 atom stereocenters. The van der Waals surface area contributed by atoms with Crippen LogP contribution in [0.2, 0.25) is 0 Å². The summed E-state index contributed by atoms with van der Waals surface area (Å²) in [6, 6.07) is 6.00. The van der Waals surface area contributed by atoms with E-state index in [0.717, 1.165) is 18.2 Å². The second-order valence-corrected chi connectivity index (χ2v) is 7.56. The summed E-state index contributed by atoms with van der Waals surface area (Å²) in [5, 5.41) is 54.8. The third-order valence-corrected chi connectivity index (χ3v) is 5.54. The molecule has 11 nitrogen and oxygen atoms in total. The summed E-state index contributed by atoms with van der Waals surface area (Å²) in [7, 11) is 2.82. The minimum atomic E-state index is -1.01. The van der Waals surface area contributed by atoms with Gasteiger partial charge in [-0.3, -0.25) is 14.3 Å². The van der Waals surface area contributed by atoms with Gasteiger partial charge in [-0.2, -0.15) is 5.10 Å². The molecule has 34 heavy (non-hydrogen) atoms. The minimum absolute atomic E-state index is 0.0249. The van der Waals surface area contributed by atoms with Crippen LogP contribution < -0.4 is 5.43 Å². The van der Waals surface area contributed by atoms with Gasteiger partial charge in [-0.15, -0.1) is 0 Å². The molecule has 2 heterocycles. The van der Waals surface area contributed by atoms with Crippen molar-refractivity contribution in [2.45, 2.75) is 12.3 Å². The maximum absolute atomic E-state index is 13.0. The number of carbonyl (C=O) groups excluding carboxylic acids is 1. The highest BCUT2D eigenvalue weighted by atomic mass is 16.5. The van der Waals surface area contributed by atoms with Crippen LogP contribution >= 0.6 is 0 Å². The van der Waals surface area contributed by atoms with Gasteiger partial charge in [0, 0.05) is 42.0 Å². The highest BCUT2D eigenvalue weighted by Gasteiger charge is 2.31. The smallest absolute Gasteiger partial charge is 0.306 e. The predicted molar refractivity (Wildman–Crippen MR) is 118 cm³/mol. The molecule has 0 radical (unpaired) electrons. The number of carbonyl (C=O) groups is 1. The van der Waals surface area contributed by atoms with Gasteiger partial charge in [0.05, 0.1) is 13.5 Å². The molecule has 0 unspecified atom stereocenters. The fourth-order valence-electron chi connectivity index (χ4n) is 3.87. The standard InChI is InChI=1S/C23H20N2O9/c1-25-12(5-6-24-25)11(8-17(30)33-2)18-15(28)9-16(29)19-20(31)21(32)22(34-23(18)19)10-3-4-13(26)14(27)7-10/h3-7,9,11,26-29,32H,8H2,1-2H3/t11-/m0/s1. The normalized spacial score (nSPS) is 12.1. The maximum Gasteiger partial charge on any atom is 0.306 e. The van der Waals surface area contributed by atoms with Crippen molar-refractivity contribution >= 4 is 16.9 Å². The molecule has 4 rings (SSSR count). The maximum atomic E-state index is 13.0. The number of aryl methyl sites for hydroxylation is 1. The summed E-state index contributed by atoms with van der Waals surface area (Å²) in [5.74, 6) is -4.90. The van der Waals surface area contributed by atoms with Gasteiger partial charge in [-0.25, -0.2) is 0 Å². The number of rotatable bonds is 5. The topological polar surface area (TPSA) is 175 Å². The fraction of sp³-hybridized carbons (Fsp3) is 0.174. The van der Waals surface area contributed by atoms with Crippen LogP contribution in [0.5, 0.6) is 28.7 Å². The second-order valence-electron chi connectivity index (χ2n) is 7.56. The Morgan fingerprint density at radius 3 is 2.41 bits per heavy atom. The third kappa shape index (κ3) is 3.62. The number of aromatic nitrogens is 2. The Labute approximate surface area is 191 Å². The van der Waals surface area contributed by atoms with Crippen molar-refractivity contribution < 1.29 is 39.5 Å². The van der Waals surface area contributed by atoms with E-state index in [1.807, 2.05) is 0 Å². The van der Waals surface area contributed by atoms with E-state index < -0.39 is 51.4 Å². The molecule has 2 aromatic heterocycles. The van der Waals surface area contributed by atoms with Crippen molar-refractivity contribution in [1.29, 1.82) is 0 Å². The summed E-state index contributed by atoms with van der Waals surface area (Å²) in [6.07, 6.45) is 1.20. The van der Waals surface area contributed by atoms with E-state index in [0.29, 0.717) is 5.69 Å². The molecule has 0 fully saturated rings. The summed E-state index contributed by atoms with van der Waals surface area (Å²) in [4.78, 5) is 25.3. The average molecular weight is 468 g/mol. The van der Waals surface area contributed by atoms with Crippen molar-refractivity contribution in [2.24, 2.45) is 7.05 Å². The summed E-state index contributed by atoms with van der Waals surface area (Å²) in [5.41, 5.74) is -0.830. The van der Waals surface area contributed by atoms with Crippen molar-refractivity contribution in [3.05, 3.63) is 58.0 Å². The molecule has 0 amide bonds. The van der Waals surface area contributed by atoms with Gasteiger partial charge >= 0.3 is 5.97 Å². The predicted octanol–water partition coefficient (Wildman–Crippen LogP) is 2.42. The number of phenolic OH excluding ortho intramolecular Hbond substituents is 4. The van der Waals surface area contributed by atoms with Crippen LogP contribution in [0.15, 0.2) is 45.7 Å². The average Bonchev–Trinajstić information content (AvgIpc) is 3.22. The van der Waals surface area contributed by atoms with Gasteiger partial charge in [0.1, 0.15) is 22.5 Å². The zero-order valence-electron chi connectivity index (χ0n) is 18.0. The van der Waals surface area contributed by atoms with Gasteiger partial charge in [0.25, 0.3) is 0 Å². The van der Waals surface area contributed by atoms with Crippen LogP contribution in [0.3, 0.4) is 0 Å². The van der Waals surface area contributed by atoms with Crippen molar-refractivity contribution in [3.63, 3.8) is 0 Å². The summed E-state index contributed by atoms with van der Waals surface area (Å²) >= 11 is 0. The van der Waals surface area contributed by atoms with E-state index in [-0.39, 0.29) is 28.9 Å². The van der Waals surface area contributed by atoms with E-state index in [1.54, 1.807) is 13.1 Å². The molecule has 0 saturated heterocycles. The molecule has 0 aliphatic carbocycles. The molecule has 0 bridgehead atoms. The van der Waals surface area contributed by atoms with Crippen molar-refractivity contribution in [2.75, 3.05) is 7.11 Å². The number of hydrogen-bond donors (Lipinski definition) is 5. The van der Waals surface area contributed by atoms with E-state index in [9.17, 15) is 35.1 Å². The zero-order chi connectivity index (χ0) is 24.7. The van der Waals surface area contributed by atoms with Crippen LogP contribution in [0.4, 0.5) is 0 Å². The Morgan fingerprint density at radius 2 is 1.79 bits per heavy atom. The lowest BCUT2D eigenvalue weighted by atomic mass is 9.89. The molecule has 0 spiro atoms. The highest BCUT2D eigenvalue weighted by molar-refractivity contribution is 5.92. The van der Waals surface area contributed by atoms with Crippen molar-refractivity contribution in [3.8, 4) is 40.1 Å². The number of hydrogen-bond acceptors (Lipinski definition) is 10. The minimum Gasteiger partial charge on any atom is -0.507 e. The first kappa shape index (κ1) is 22.5. The number of fused-ring (bicyclic) bond motifs is 1. The first-order chi connectivity index (χ1) is 16.1. The van der Waals surface area contributed by atoms with Gasteiger partial charge in [-0.1, -0.05) is 0 Å². The van der Waals surface area contributed by atoms with E-state index in [4.69, 9.17) is 9.15 Å². The van der Waals surface area contributed by atoms with Crippen LogP contribution in [0.1, 0.15) is 23.6 Å². The fourth-order valence-corrected chi connectivity index (χ4v) is 3.87. The quantitative estimate of drug-likeness (QED) is 0.216. The molecule has 0 aliphatic heterocycles. The summed E-state index contributed by atoms with van der Waals surface area (Å²) < 4.78 is 12.1. The molecule has 4 aromatic rings. The van der Waals surface area contributed by atoms with Gasteiger partial charge in [0.15, 0.2) is 17.3 Å². The Morgan fingerprint density at radius 1 is 1.06 bits per heavy atom. The van der Waals surface area contributed by atoms with E-state index in [2.05, 4.69) is 5.10 Å². The second kappa shape index (κ2) is 8.35. The van der Waals surface area contributed by atoms with Crippen LogP contribution in [-0.2, 0) is 16.6 Å². The van der Waals surface area contributed by atoms with Crippen molar-refractivity contribution in [1.82, 2.24) is 9.78 Å². The first-order valence-corrected chi connectivity index (χ1v) is 9.95. The number of ether oxygens (including phenoxy) is 1. The molecule has 2 aromatic carbocycles. The van der Waals surface area contributed by atoms with Crippen LogP contribution in [-0.4, -0.2) is 48.4 Å². The van der Waals surface area contributed by atoms with Gasteiger partial charge in [-0.05, 0) is 24.3 Å². The molecule has 5 N–H and O–H groups in total. The number of phenols is 4. The third-order valence-electron chi connectivity index (χ3n) is 5.54. The number of nitrogens with zero attached hydrogens (tertiary/aromatic N) is 2. The number of aromatic hydroxyl groups is 5. The molecule has 0 aliphatic rings. The van der Waals surface area contributed by atoms with Crippen LogP contribution in [0, 0.1) is 0 Å². The number of benzene rings is 2. The molecular weight excluding hydrogens is 448 g/mol. The number of esters is 1. The van der Waals surface area contributed by atoms with E-state index in [1.165, 1.54) is 24.1 Å². The lowest BCUT2D eigenvalue weighted by Crippen LogP contribution is -2.15. The molecule has 176 valence electrons. The Hall–Kier alpha value is -4.67. The van der Waals surface area contributed by atoms with E-state index >= 15 is 0 Å². The number of methoxy groups -OCH3 is 1. The largest absolute Gasteiger partial charge is 0.507 e. The molecule has 11 heteroatoms. The van der Waals surface area contributed by atoms with Gasteiger partial charge in [0.2, 0.25) is 11.2 Å². The summed E-state index contributed by atoms with van der Waals surface area (Å²) in [6.45, 7) is 0. The zero-order valence-corrected chi connectivity index (χ0v) is 18.0. The highest BCUT2D eigenvalue weighted by Crippen LogP contribution is 2.44. The lowest BCUT2D eigenvalue weighted by molar-refractivity contribution is -0.140. The first-order valence-electron chi connectivity index (χ1n) is 9.95. The Bertz CT molecular complexity index is 1490. The van der Waals surface area contributed by atoms with Gasteiger partial charge < -0.3 is 34.7 Å². The Kier molecular flexibility index (Phi) is 5.53. The monoisotopic (exact) mass is 468 g/mol. The Balaban J connectivity index is 2.10. The molecular formula is C23H20N2O9. The lowest BCUT2D eigenvalue weighted by Gasteiger charge is -2.20.